The summed E-state index contributed by atoms with van der Waals surface area (Å²) in [5, 5.41) is 8.78. The first-order chi connectivity index (χ1) is 10.0. The molecule has 0 aliphatic rings. The number of methoxy groups -OCH3 is 1. The minimum Gasteiger partial charge on any atom is -0.468 e. The normalized spacial score (nSPS) is 9.76. The Morgan fingerprint density at radius 1 is 1.33 bits per heavy atom. The van der Waals surface area contributed by atoms with Gasteiger partial charge in [-0.1, -0.05) is 24.0 Å². The van der Waals surface area contributed by atoms with Crippen molar-refractivity contribution >= 4 is 11.9 Å². The van der Waals surface area contributed by atoms with Gasteiger partial charge < -0.3 is 14.7 Å². The predicted molar refractivity (Wildman–Crippen MR) is 78.6 cm³/mol. The standard InChI is InChI=1S/C16H19NO4/c1-12(2)17(11-15(19)21-3)16(20)14-9-5-4-7-13(14)8-6-10-18/h4-5,7,9,12,18H,10-11H2,1-3H3. The van der Waals surface area contributed by atoms with Crippen LogP contribution >= 0.6 is 0 Å². The summed E-state index contributed by atoms with van der Waals surface area (Å²) in [6.45, 7) is 3.25. The van der Waals surface area contributed by atoms with Gasteiger partial charge >= 0.3 is 5.97 Å². The van der Waals surface area contributed by atoms with Gasteiger partial charge in [0.2, 0.25) is 0 Å². The van der Waals surface area contributed by atoms with Gasteiger partial charge in [0.1, 0.15) is 13.2 Å². The Kier molecular flexibility index (Phi) is 6.44. The Balaban J connectivity index is 3.12. The van der Waals surface area contributed by atoms with E-state index in [9.17, 15) is 9.59 Å². The molecule has 1 N–H and O–H groups in total. The van der Waals surface area contributed by atoms with Crippen molar-refractivity contribution in [3.63, 3.8) is 0 Å². The highest BCUT2D eigenvalue weighted by Crippen LogP contribution is 2.13. The van der Waals surface area contributed by atoms with Gasteiger partial charge in [-0.15, -0.1) is 0 Å². The average molecular weight is 289 g/mol. The lowest BCUT2D eigenvalue weighted by atomic mass is 10.1. The van der Waals surface area contributed by atoms with Gasteiger partial charge in [0.05, 0.1) is 12.7 Å². The summed E-state index contributed by atoms with van der Waals surface area (Å²) in [5.41, 5.74) is 0.920. The van der Waals surface area contributed by atoms with Crippen LogP contribution in [-0.2, 0) is 9.53 Å². The van der Waals surface area contributed by atoms with Gasteiger partial charge in [-0.2, -0.15) is 0 Å². The van der Waals surface area contributed by atoms with Crippen molar-refractivity contribution in [2.75, 3.05) is 20.3 Å². The fourth-order valence-electron chi connectivity index (χ4n) is 1.76. The molecule has 0 radical (unpaired) electrons. The van der Waals surface area contributed by atoms with E-state index in [1.54, 1.807) is 24.3 Å². The zero-order chi connectivity index (χ0) is 15.8. The van der Waals surface area contributed by atoms with Gasteiger partial charge in [0, 0.05) is 11.6 Å². The van der Waals surface area contributed by atoms with Crippen LogP contribution in [0.5, 0.6) is 0 Å². The monoisotopic (exact) mass is 289 g/mol. The van der Waals surface area contributed by atoms with Crippen LogP contribution in [-0.4, -0.2) is 48.2 Å². The van der Waals surface area contributed by atoms with Gasteiger partial charge in [-0.05, 0) is 26.0 Å². The number of nitrogens with zero attached hydrogens (tertiary/aromatic N) is 1. The number of ether oxygens (including phenoxy) is 1. The van der Waals surface area contributed by atoms with E-state index in [4.69, 9.17) is 5.11 Å². The summed E-state index contributed by atoms with van der Waals surface area (Å²) in [5.74, 6) is 4.50. The summed E-state index contributed by atoms with van der Waals surface area (Å²) < 4.78 is 4.62. The molecule has 1 aromatic carbocycles. The highest BCUT2D eigenvalue weighted by Gasteiger charge is 2.23. The van der Waals surface area contributed by atoms with Crippen molar-refractivity contribution in [1.29, 1.82) is 0 Å². The summed E-state index contributed by atoms with van der Waals surface area (Å²) >= 11 is 0. The van der Waals surface area contributed by atoms with Crippen molar-refractivity contribution in [3.8, 4) is 11.8 Å². The van der Waals surface area contributed by atoms with Crippen LogP contribution in [0.2, 0.25) is 0 Å². The first-order valence-electron chi connectivity index (χ1n) is 6.57. The molecule has 0 unspecified atom stereocenters. The minimum atomic E-state index is -0.476. The molecule has 0 spiro atoms. The second kappa shape index (κ2) is 8.08. The van der Waals surface area contributed by atoms with Crippen molar-refractivity contribution in [2.45, 2.75) is 19.9 Å². The molecule has 0 atom stereocenters. The molecule has 0 heterocycles. The Hall–Kier alpha value is -2.32. The molecule has 1 rings (SSSR count). The summed E-state index contributed by atoms with van der Waals surface area (Å²) in [6.07, 6.45) is 0. The average Bonchev–Trinajstić information content (AvgIpc) is 2.49. The smallest absolute Gasteiger partial charge is 0.325 e. The quantitative estimate of drug-likeness (QED) is 0.664. The van der Waals surface area contributed by atoms with Crippen LogP contribution in [0.1, 0.15) is 29.8 Å². The molecule has 5 heteroatoms. The summed E-state index contributed by atoms with van der Waals surface area (Å²) in [4.78, 5) is 25.5. The van der Waals surface area contributed by atoms with Crippen molar-refractivity contribution in [1.82, 2.24) is 4.90 Å². The molecule has 0 aliphatic carbocycles. The molecule has 112 valence electrons. The molecular formula is C16H19NO4. The molecule has 5 nitrogen and oxygen atoms in total. The molecule has 1 amide bonds. The molecular weight excluding hydrogens is 270 g/mol. The maximum absolute atomic E-state index is 12.6. The zero-order valence-electron chi connectivity index (χ0n) is 12.4. The Bertz CT molecular complexity index is 569. The number of benzene rings is 1. The lowest BCUT2D eigenvalue weighted by Crippen LogP contribution is -2.41. The van der Waals surface area contributed by atoms with Crippen LogP contribution in [0.15, 0.2) is 24.3 Å². The van der Waals surface area contributed by atoms with Crippen LogP contribution < -0.4 is 0 Å². The lowest BCUT2D eigenvalue weighted by molar-refractivity contribution is -0.141. The van der Waals surface area contributed by atoms with E-state index in [0.717, 1.165) is 0 Å². The van der Waals surface area contributed by atoms with Crippen LogP contribution in [0.25, 0.3) is 0 Å². The maximum Gasteiger partial charge on any atom is 0.325 e. The second-order valence-corrected chi connectivity index (χ2v) is 4.61. The van der Waals surface area contributed by atoms with Crippen molar-refractivity contribution < 1.29 is 19.4 Å². The highest BCUT2D eigenvalue weighted by atomic mass is 16.5. The second-order valence-electron chi connectivity index (χ2n) is 4.61. The van der Waals surface area contributed by atoms with E-state index in [1.165, 1.54) is 12.0 Å². The first kappa shape index (κ1) is 16.7. The third-order valence-electron chi connectivity index (χ3n) is 2.87. The van der Waals surface area contributed by atoms with Crippen molar-refractivity contribution in [2.24, 2.45) is 0 Å². The topological polar surface area (TPSA) is 66.8 Å². The molecule has 1 aromatic rings. The van der Waals surface area contributed by atoms with Crippen molar-refractivity contribution in [3.05, 3.63) is 35.4 Å². The number of rotatable bonds is 4. The van der Waals surface area contributed by atoms with E-state index < -0.39 is 5.97 Å². The van der Waals surface area contributed by atoms with E-state index in [1.807, 2.05) is 13.8 Å². The number of aliphatic hydroxyl groups excluding tert-OH is 1. The number of carbonyl (C=O) groups is 2. The Morgan fingerprint density at radius 2 is 2.00 bits per heavy atom. The van der Waals surface area contributed by atoms with Crippen LogP contribution in [0.3, 0.4) is 0 Å². The predicted octanol–water partition coefficient (Wildman–Crippen LogP) is 1.05. The van der Waals surface area contributed by atoms with E-state index in [-0.39, 0.29) is 25.1 Å². The number of esters is 1. The van der Waals surface area contributed by atoms with Crippen LogP contribution in [0.4, 0.5) is 0 Å². The molecule has 0 aromatic heterocycles. The highest BCUT2D eigenvalue weighted by molar-refractivity contribution is 5.98. The number of amides is 1. The fraction of sp³-hybridized carbons (Fsp3) is 0.375. The van der Waals surface area contributed by atoms with Gasteiger partial charge in [0.25, 0.3) is 5.91 Å². The molecule has 0 saturated heterocycles. The first-order valence-corrected chi connectivity index (χ1v) is 6.57. The number of hydrogen-bond acceptors (Lipinski definition) is 4. The molecule has 0 bridgehead atoms. The molecule has 0 fully saturated rings. The van der Waals surface area contributed by atoms with Gasteiger partial charge in [-0.3, -0.25) is 9.59 Å². The zero-order valence-corrected chi connectivity index (χ0v) is 12.4. The lowest BCUT2D eigenvalue weighted by Gasteiger charge is -2.26. The Labute approximate surface area is 124 Å². The fourth-order valence-corrected chi connectivity index (χ4v) is 1.76. The molecule has 0 saturated carbocycles. The van der Waals surface area contributed by atoms with E-state index >= 15 is 0 Å². The largest absolute Gasteiger partial charge is 0.468 e. The van der Waals surface area contributed by atoms with Gasteiger partial charge in [0.15, 0.2) is 0 Å². The third-order valence-corrected chi connectivity index (χ3v) is 2.87. The summed E-state index contributed by atoms with van der Waals surface area (Å²) in [6, 6.07) is 6.69. The van der Waals surface area contributed by atoms with Gasteiger partial charge in [-0.25, -0.2) is 0 Å². The maximum atomic E-state index is 12.6. The summed E-state index contributed by atoms with van der Waals surface area (Å²) in [7, 11) is 1.28. The number of aliphatic hydroxyl groups is 1. The molecule has 0 aliphatic heterocycles. The van der Waals surface area contributed by atoms with E-state index in [0.29, 0.717) is 11.1 Å². The molecule has 21 heavy (non-hydrogen) atoms. The third kappa shape index (κ3) is 4.62. The minimum absolute atomic E-state index is 0.116. The Morgan fingerprint density at radius 3 is 2.57 bits per heavy atom. The van der Waals surface area contributed by atoms with Crippen LogP contribution in [0, 0.1) is 11.8 Å². The number of hydrogen-bond donors (Lipinski definition) is 1. The number of carbonyl (C=O) groups excluding carboxylic acids is 2. The SMILES string of the molecule is COC(=O)CN(C(=O)c1ccccc1C#CCO)C(C)C. The van der Waals surface area contributed by atoms with E-state index in [2.05, 4.69) is 16.6 Å².